The molecule has 1 atom stereocenters. The van der Waals surface area contributed by atoms with E-state index >= 15 is 0 Å². The van der Waals surface area contributed by atoms with Gasteiger partial charge in [0.1, 0.15) is 11.7 Å². The summed E-state index contributed by atoms with van der Waals surface area (Å²) in [7, 11) is 0. The Bertz CT molecular complexity index is 521. The van der Waals surface area contributed by atoms with Gasteiger partial charge in [0.25, 0.3) is 12.3 Å². The van der Waals surface area contributed by atoms with Gasteiger partial charge in [0.05, 0.1) is 0 Å². The summed E-state index contributed by atoms with van der Waals surface area (Å²) in [5.74, 6) is -3.98. The van der Waals surface area contributed by atoms with Crippen molar-refractivity contribution in [2.75, 3.05) is 0 Å². The standard InChI is InChI=1S/C15H17FO5/c1-10(14(19)21-15(2,3)20-9-17)13(18)8-11-4-6-12(16)7-5-11/h4-7,9-10H,8H2,1-3H3. The Morgan fingerprint density at radius 2 is 1.86 bits per heavy atom. The summed E-state index contributed by atoms with van der Waals surface area (Å²) in [4.78, 5) is 34.1. The van der Waals surface area contributed by atoms with E-state index in [0.717, 1.165) is 0 Å². The Hall–Kier alpha value is -2.24. The molecule has 1 unspecified atom stereocenters. The van der Waals surface area contributed by atoms with Gasteiger partial charge in [-0.2, -0.15) is 0 Å². The first-order chi connectivity index (χ1) is 9.75. The molecule has 5 nitrogen and oxygen atoms in total. The number of rotatable bonds is 7. The third kappa shape index (κ3) is 5.33. The number of carbonyl (C=O) groups excluding carboxylic acids is 3. The Labute approximate surface area is 122 Å². The minimum atomic E-state index is -1.43. The second-order valence-corrected chi connectivity index (χ2v) is 5.03. The van der Waals surface area contributed by atoms with Crippen molar-refractivity contribution in [2.45, 2.75) is 33.0 Å². The van der Waals surface area contributed by atoms with Crippen LogP contribution in [0.3, 0.4) is 0 Å². The lowest BCUT2D eigenvalue weighted by atomic mass is 9.99. The van der Waals surface area contributed by atoms with E-state index in [1.54, 1.807) is 0 Å². The molecule has 6 heteroatoms. The highest BCUT2D eigenvalue weighted by Crippen LogP contribution is 2.15. The van der Waals surface area contributed by atoms with Gasteiger partial charge >= 0.3 is 5.97 Å². The van der Waals surface area contributed by atoms with Crippen molar-refractivity contribution in [1.82, 2.24) is 0 Å². The quantitative estimate of drug-likeness (QED) is 0.333. The molecule has 0 aliphatic carbocycles. The number of hydrogen-bond acceptors (Lipinski definition) is 5. The molecule has 0 amide bonds. The number of esters is 1. The van der Waals surface area contributed by atoms with Crippen molar-refractivity contribution in [3.8, 4) is 0 Å². The average Bonchev–Trinajstić information content (AvgIpc) is 2.39. The van der Waals surface area contributed by atoms with E-state index in [2.05, 4.69) is 4.74 Å². The van der Waals surface area contributed by atoms with Crippen LogP contribution in [-0.4, -0.2) is 24.0 Å². The minimum Gasteiger partial charge on any atom is -0.425 e. The van der Waals surface area contributed by atoms with E-state index in [-0.39, 0.29) is 18.7 Å². The number of ketones is 1. The molecule has 0 heterocycles. The smallest absolute Gasteiger partial charge is 0.319 e. The number of Topliss-reactive ketones (excluding diaryl/α,β-unsaturated/α-hetero) is 1. The van der Waals surface area contributed by atoms with Gasteiger partial charge in [-0.05, 0) is 24.6 Å². The number of halogens is 1. The molecule has 1 aromatic rings. The first-order valence-electron chi connectivity index (χ1n) is 6.36. The second-order valence-electron chi connectivity index (χ2n) is 5.03. The zero-order chi connectivity index (χ0) is 16.0. The molecular formula is C15H17FO5. The number of ether oxygens (including phenoxy) is 2. The molecule has 0 saturated heterocycles. The van der Waals surface area contributed by atoms with Crippen LogP contribution in [0.5, 0.6) is 0 Å². The van der Waals surface area contributed by atoms with E-state index < -0.39 is 23.5 Å². The zero-order valence-corrected chi connectivity index (χ0v) is 12.1. The van der Waals surface area contributed by atoms with Crippen LogP contribution < -0.4 is 0 Å². The van der Waals surface area contributed by atoms with Gasteiger partial charge in [-0.1, -0.05) is 12.1 Å². The number of benzene rings is 1. The van der Waals surface area contributed by atoms with Crippen LogP contribution in [0, 0.1) is 11.7 Å². The summed E-state index contributed by atoms with van der Waals surface area (Å²) >= 11 is 0. The van der Waals surface area contributed by atoms with Crippen molar-refractivity contribution >= 4 is 18.2 Å². The van der Waals surface area contributed by atoms with Gasteiger partial charge in [-0.25, -0.2) is 4.39 Å². The van der Waals surface area contributed by atoms with Crippen molar-refractivity contribution in [3.63, 3.8) is 0 Å². The zero-order valence-electron chi connectivity index (χ0n) is 12.1. The normalized spacial score (nSPS) is 12.4. The first kappa shape index (κ1) is 16.8. The molecule has 1 rings (SSSR count). The predicted octanol–water partition coefficient (Wildman–Crippen LogP) is 2.03. The molecular weight excluding hydrogens is 279 g/mol. The third-order valence-corrected chi connectivity index (χ3v) is 2.81. The van der Waals surface area contributed by atoms with Crippen LogP contribution in [0.4, 0.5) is 4.39 Å². The van der Waals surface area contributed by atoms with E-state index in [9.17, 15) is 18.8 Å². The third-order valence-electron chi connectivity index (χ3n) is 2.81. The summed E-state index contributed by atoms with van der Waals surface area (Å²) in [5.41, 5.74) is 0.601. The maximum Gasteiger partial charge on any atom is 0.319 e. The van der Waals surface area contributed by atoms with E-state index in [0.29, 0.717) is 5.56 Å². The Morgan fingerprint density at radius 3 is 2.38 bits per heavy atom. The highest BCUT2D eigenvalue weighted by molar-refractivity contribution is 5.99. The fourth-order valence-electron chi connectivity index (χ4n) is 1.56. The topological polar surface area (TPSA) is 69.7 Å². The molecule has 1 aromatic carbocycles. The van der Waals surface area contributed by atoms with Crippen LogP contribution in [0.15, 0.2) is 24.3 Å². The van der Waals surface area contributed by atoms with Gasteiger partial charge in [0.2, 0.25) is 0 Å². The van der Waals surface area contributed by atoms with Gasteiger partial charge in [0, 0.05) is 20.3 Å². The SMILES string of the molecule is CC(C(=O)Cc1ccc(F)cc1)C(=O)OC(C)(C)OC=O. The molecule has 0 spiro atoms. The highest BCUT2D eigenvalue weighted by atomic mass is 19.1. The van der Waals surface area contributed by atoms with Crippen molar-refractivity contribution in [2.24, 2.45) is 5.92 Å². The van der Waals surface area contributed by atoms with Crippen molar-refractivity contribution < 1.29 is 28.2 Å². The van der Waals surface area contributed by atoms with E-state index in [4.69, 9.17) is 4.74 Å². The van der Waals surface area contributed by atoms with Crippen molar-refractivity contribution in [3.05, 3.63) is 35.6 Å². The molecule has 0 aliphatic rings. The predicted molar refractivity (Wildman–Crippen MR) is 71.6 cm³/mol. The second kappa shape index (κ2) is 6.97. The lowest BCUT2D eigenvalue weighted by Crippen LogP contribution is -2.35. The molecule has 0 N–H and O–H groups in total. The number of hydrogen-bond donors (Lipinski definition) is 0. The van der Waals surface area contributed by atoms with Crippen LogP contribution in [0.1, 0.15) is 26.3 Å². The summed E-state index contributed by atoms with van der Waals surface area (Å²) in [5, 5.41) is 0. The monoisotopic (exact) mass is 296 g/mol. The van der Waals surface area contributed by atoms with Crippen LogP contribution in [0.2, 0.25) is 0 Å². The molecule has 0 aromatic heterocycles. The largest absolute Gasteiger partial charge is 0.425 e. The average molecular weight is 296 g/mol. The molecule has 0 radical (unpaired) electrons. The van der Waals surface area contributed by atoms with Crippen molar-refractivity contribution in [1.29, 1.82) is 0 Å². The summed E-state index contributed by atoms with van der Waals surface area (Å²) in [6.07, 6.45) is -0.00842. The van der Waals surface area contributed by atoms with Gasteiger partial charge < -0.3 is 9.47 Å². The van der Waals surface area contributed by atoms with Crippen LogP contribution in [-0.2, 0) is 30.3 Å². The minimum absolute atomic E-state index is 0.00842. The first-order valence-corrected chi connectivity index (χ1v) is 6.36. The summed E-state index contributed by atoms with van der Waals surface area (Å²) in [6, 6.07) is 5.44. The Balaban J connectivity index is 2.63. The fourth-order valence-corrected chi connectivity index (χ4v) is 1.56. The molecule has 0 saturated carbocycles. The lowest BCUT2D eigenvalue weighted by molar-refractivity contribution is -0.210. The summed E-state index contributed by atoms with van der Waals surface area (Å²) in [6.45, 7) is 4.34. The van der Waals surface area contributed by atoms with Crippen LogP contribution >= 0.6 is 0 Å². The fraction of sp³-hybridized carbons (Fsp3) is 0.400. The maximum absolute atomic E-state index is 12.8. The van der Waals surface area contributed by atoms with Gasteiger partial charge in [-0.15, -0.1) is 0 Å². The van der Waals surface area contributed by atoms with Gasteiger partial charge in [-0.3, -0.25) is 14.4 Å². The van der Waals surface area contributed by atoms with E-state index in [1.807, 2.05) is 0 Å². The maximum atomic E-state index is 12.8. The molecule has 0 aliphatic heterocycles. The number of carbonyl (C=O) groups is 3. The molecule has 21 heavy (non-hydrogen) atoms. The van der Waals surface area contributed by atoms with Crippen LogP contribution in [0.25, 0.3) is 0 Å². The molecule has 0 bridgehead atoms. The van der Waals surface area contributed by atoms with Gasteiger partial charge in [0.15, 0.2) is 5.78 Å². The molecule has 0 fully saturated rings. The highest BCUT2D eigenvalue weighted by Gasteiger charge is 2.30. The Morgan fingerprint density at radius 1 is 1.29 bits per heavy atom. The molecule has 114 valence electrons. The summed E-state index contributed by atoms with van der Waals surface area (Å²) < 4.78 is 22.3. The lowest BCUT2D eigenvalue weighted by Gasteiger charge is -2.24. The Kier molecular flexibility index (Phi) is 5.58. The van der Waals surface area contributed by atoms with E-state index in [1.165, 1.54) is 45.0 Å².